The van der Waals surface area contributed by atoms with Crippen molar-refractivity contribution in [1.29, 1.82) is 0 Å². The summed E-state index contributed by atoms with van der Waals surface area (Å²) in [6, 6.07) is 0.241. The number of imidazole rings is 1. The first-order chi connectivity index (χ1) is 7.12. The van der Waals surface area contributed by atoms with E-state index in [2.05, 4.69) is 4.98 Å². The molecule has 0 unspecified atom stereocenters. The molecule has 0 N–H and O–H groups in total. The molecule has 6 heteroatoms. The quantitative estimate of drug-likeness (QED) is 0.743. The molecule has 0 spiro atoms. The molecule has 1 aliphatic rings. The van der Waals surface area contributed by atoms with Crippen molar-refractivity contribution in [3.63, 3.8) is 0 Å². The largest absolute Gasteiger partial charge is 0.330 e. The number of halogens is 1. The molecule has 1 fully saturated rings. The molecular formula is C9H13ClN2O2S. The maximum Gasteiger partial charge on any atom is 0.150 e. The smallest absolute Gasteiger partial charge is 0.150 e. The van der Waals surface area contributed by atoms with Gasteiger partial charge in [-0.15, -0.1) is 11.6 Å². The summed E-state index contributed by atoms with van der Waals surface area (Å²) in [5, 5.41) is 0. The van der Waals surface area contributed by atoms with Crippen molar-refractivity contribution >= 4 is 21.4 Å². The lowest BCUT2D eigenvalue weighted by Gasteiger charge is -2.24. The topological polar surface area (TPSA) is 52.0 Å². The molecule has 15 heavy (non-hydrogen) atoms. The Hall–Kier alpha value is -0.550. The van der Waals surface area contributed by atoms with Crippen molar-refractivity contribution in [2.75, 3.05) is 11.5 Å². The Kier molecular flexibility index (Phi) is 3.02. The Bertz CT molecular complexity index is 427. The maximum absolute atomic E-state index is 11.3. The van der Waals surface area contributed by atoms with Crippen LogP contribution in [0, 0.1) is 0 Å². The Labute approximate surface area is 94.2 Å². The van der Waals surface area contributed by atoms with Crippen molar-refractivity contribution in [3.05, 3.63) is 18.2 Å². The van der Waals surface area contributed by atoms with Gasteiger partial charge in [0.2, 0.25) is 0 Å². The lowest BCUT2D eigenvalue weighted by molar-refractivity contribution is 0.442. The standard InChI is InChI=1S/C9H13ClN2O2S/c10-5-9-6-11-7-12(9)8-1-3-15(13,14)4-2-8/h6-8H,1-5H2. The Morgan fingerprint density at radius 3 is 2.73 bits per heavy atom. The molecule has 0 saturated carbocycles. The van der Waals surface area contributed by atoms with Gasteiger partial charge < -0.3 is 4.57 Å². The van der Waals surface area contributed by atoms with E-state index in [9.17, 15) is 8.42 Å². The van der Waals surface area contributed by atoms with Gasteiger partial charge in [-0.25, -0.2) is 13.4 Å². The highest BCUT2D eigenvalue weighted by Crippen LogP contribution is 2.25. The lowest BCUT2D eigenvalue weighted by Crippen LogP contribution is -2.25. The number of aromatic nitrogens is 2. The summed E-state index contributed by atoms with van der Waals surface area (Å²) in [6.07, 6.45) is 4.81. The maximum atomic E-state index is 11.3. The molecule has 84 valence electrons. The summed E-state index contributed by atoms with van der Waals surface area (Å²) >= 11 is 5.77. The lowest BCUT2D eigenvalue weighted by atomic mass is 10.1. The van der Waals surface area contributed by atoms with Gasteiger partial charge in [0.15, 0.2) is 0 Å². The minimum atomic E-state index is -2.79. The van der Waals surface area contributed by atoms with Gasteiger partial charge in [0.25, 0.3) is 0 Å². The van der Waals surface area contributed by atoms with E-state index < -0.39 is 9.84 Å². The van der Waals surface area contributed by atoms with E-state index in [1.54, 1.807) is 12.5 Å². The van der Waals surface area contributed by atoms with Crippen LogP contribution in [0.15, 0.2) is 12.5 Å². The van der Waals surface area contributed by atoms with Crippen LogP contribution in [0.4, 0.5) is 0 Å². The average Bonchev–Trinajstić information content (AvgIpc) is 2.65. The second-order valence-corrected chi connectivity index (χ2v) is 6.38. The van der Waals surface area contributed by atoms with Crippen LogP contribution in [0.25, 0.3) is 0 Å². The molecule has 1 aromatic rings. The second-order valence-electron chi connectivity index (χ2n) is 3.81. The highest BCUT2D eigenvalue weighted by Gasteiger charge is 2.25. The monoisotopic (exact) mass is 248 g/mol. The summed E-state index contributed by atoms with van der Waals surface area (Å²) in [7, 11) is -2.79. The van der Waals surface area contributed by atoms with Gasteiger partial charge in [-0.1, -0.05) is 0 Å². The molecule has 1 aliphatic heterocycles. The van der Waals surface area contributed by atoms with Crippen LogP contribution in [0.2, 0.25) is 0 Å². The molecule has 0 bridgehead atoms. The van der Waals surface area contributed by atoms with E-state index in [1.165, 1.54) is 0 Å². The zero-order chi connectivity index (χ0) is 10.9. The van der Waals surface area contributed by atoms with E-state index >= 15 is 0 Å². The van der Waals surface area contributed by atoms with Gasteiger partial charge >= 0.3 is 0 Å². The molecular weight excluding hydrogens is 236 g/mol. The average molecular weight is 249 g/mol. The van der Waals surface area contributed by atoms with Crippen LogP contribution in [0.5, 0.6) is 0 Å². The molecule has 1 aromatic heterocycles. The molecule has 0 amide bonds. The van der Waals surface area contributed by atoms with Crippen LogP contribution in [0.1, 0.15) is 24.6 Å². The van der Waals surface area contributed by atoms with Crippen LogP contribution in [-0.4, -0.2) is 29.5 Å². The van der Waals surface area contributed by atoms with Gasteiger partial charge in [0.1, 0.15) is 9.84 Å². The number of hydrogen-bond acceptors (Lipinski definition) is 3. The molecule has 0 aromatic carbocycles. The van der Waals surface area contributed by atoms with E-state index in [-0.39, 0.29) is 17.5 Å². The van der Waals surface area contributed by atoms with Crippen LogP contribution >= 0.6 is 11.6 Å². The molecule has 4 nitrogen and oxygen atoms in total. The zero-order valence-corrected chi connectivity index (χ0v) is 9.84. The fourth-order valence-electron chi connectivity index (χ4n) is 1.92. The third-order valence-electron chi connectivity index (χ3n) is 2.80. The number of nitrogens with zero attached hydrogens (tertiary/aromatic N) is 2. The van der Waals surface area contributed by atoms with Crippen molar-refractivity contribution < 1.29 is 8.42 Å². The summed E-state index contributed by atoms with van der Waals surface area (Å²) in [4.78, 5) is 4.03. The number of alkyl halides is 1. The number of rotatable bonds is 2. The van der Waals surface area contributed by atoms with Crippen molar-refractivity contribution in [2.45, 2.75) is 24.8 Å². The van der Waals surface area contributed by atoms with E-state index in [0.29, 0.717) is 18.7 Å². The van der Waals surface area contributed by atoms with Crippen LogP contribution in [-0.2, 0) is 15.7 Å². The third kappa shape index (κ3) is 2.34. The summed E-state index contributed by atoms with van der Waals surface area (Å²) in [5.74, 6) is 0.971. The molecule has 2 heterocycles. The first-order valence-corrected chi connectivity index (χ1v) is 7.25. The molecule has 1 saturated heterocycles. The predicted octanol–water partition coefficient (Wildman–Crippen LogP) is 1.37. The Balaban J connectivity index is 2.14. The van der Waals surface area contributed by atoms with Gasteiger partial charge in [-0.3, -0.25) is 0 Å². The fraction of sp³-hybridized carbons (Fsp3) is 0.667. The molecule has 0 aliphatic carbocycles. The SMILES string of the molecule is O=S1(=O)CCC(n2cncc2CCl)CC1. The Morgan fingerprint density at radius 2 is 2.13 bits per heavy atom. The highest BCUT2D eigenvalue weighted by molar-refractivity contribution is 7.91. The third-order valence-corrected chi connectivity index (χ3v) is 4.79. The summed E-state index contributed by atoms with van der Waals surface area (Å²) in [5.41, 5.74) is 0.959. The molecule has 0 radical (unpaired) electrons. The first-order valence-electron chi connectivity index (χ1n) is 4.89. The van der Waals surface area contributed by atoms with Gasteiger partial charge in [-0.2, -0.15) is 0 Å². The van der Waals surface area contributed by atoms with E-state index in [1.807, 2.05) is 4.57 Å². The number of sulfone groups is 1. The van der Waals surface area contributed by atoms with Gasteiger partial charge in [0, 0.05) is 12.2 Å². The Morgan fingerprint density at radius 1 is 1.47 bits per heavy atom. The highest BCUT2D eigenvalue weighted by atomic mass is 35.5. The molecule has 0 atom stereocenters. The molecule has 2 rings (SSSR count). The fourth-order valence-corrected chi connectivity index (χ4v) is 3.59. The number of hydrogen-bond donors (Lipinski definition) is 0. The summed E-state index contributed by atoms with van der Waals surface area (Å²) < 4.78 is 24.5. The minimum Gasteiger partial charge on any atom is -0.330 e. The van der Waals surface area contributed by atoms with E-state index in [0.717, 1.165) is 5.69 Å². The normalized spacial score (nSPS) is 21.7. The van der Waals surface area contributed by atoms with Crippen LogP contribution < -0.4 is 0 Å². The second kappa shape index (κ2) is 4.14. The van der Waals surface area contributed by atoms with Crippen LogP contribution in [0.3, 0.4) is 0 Å². The summed E-state index contributed by atoms with van der Waals surface area (Å²) in [6.45, 7) is 0. The van der Waals surface area contributed by atoms with Gasteiger partial charge in [-0.05, 0) is 12.8 Å². The minimum absolute atomic E-state index is 0.241. The van der Waals surface area contributed by atoms with Crippen molar-refractivity contribution in [1.82, 2.24) is 9.55 Å². The predicted molar refractivity (Wildman–Crippen MR) is 58.7 cm³/mol. The van der Waals surface area contributed by atoms with Crippen molar-refractivity contribution in [2.24, 2.45) is 0 Å². The van der Waals surface area contributed by atoms with Gasteiger partial charge in [0.05, 0.1) is 29.4 Å². The zero-order valence-electron chi connectivity index (χ0n) is 8.26. The first kappa shape index (κ1) is 11.0. The van der Waals surface area contributed by atoms with E-state index in [4.69, 9.17) is 11.6 Å². The van der Waals surface area contributed by atoms with Crippen molar-refractivity contribution in [3.8, 4) is 0 Å².